The van der Waals surface area contributed by atoms with E-state index >= 15 is 0 Å². The minimum atomic E-state index is -0.183. The lowest BCUT2D eigenvalue weighted by Gasteiger charge is -2.06. The summed E-state index contributed by atoms with van der Waals surface area (Å²) < 4.78 is 10.3. The standard InChI is InChI=1S/C13H15N3O3/c1-9-7-12(16-19-9)15-13(17)5-6-18-11-4-2-3-10(14)8-11/h2-4,7-8H,5-6,14H2,1H3,(H,15,16,17). The van der Waals surface area contributed by atoms with E-state index in [0.717, 1.165) is 0 Å². The highest BCUT2D eigenvalue weighted by Crippen LogP contribution is 2.14. The van der Waals surface area contributed by atoms with Crippen molar-refractivity contribution in [3.63, 3.8) is 0 Å². The highest BCUT2D eigenvalue weighted by atomic mass is 16.5. The molecule has 0 bridgehead atoms. The van der Waals surface area contributed by atoms with Crippen molar-refractivity contribution < 1.29 is 14.1 Å². The first kappa shape index (κ1) is 12.9. The summed E-state index contributed by atoms with van der Waals surface area (Å²) in [5.41, 5.74) is 6.24. The molecule has 0 radical (unpaired) electrons. The Labute approximate surface area is 110 Å². The van der Waals surface area contributed by atoms with Crippen molar-refractivity contribution in [1.82, 2.24) is 5.16 Å². The van der Waals surface area contributed by atoms with Gasteiger partial charge >= 0.3 is 0 Å². The van der Waals surface area contributed by atoms with E-state index in [1.54, 1.807) is 37.3 Å². The average molecular weight is 261 g/mol. The summed E-state index contributed by atoms with van der Waals surface area (Å²) in [5, 5.41) is 6.28. The number of nitrogens with zero attached hydrogens (tertiary/aromatic N) is 1. The Kier molecular flexibility index (Phi) is 4.02. The molecule has 2 rings (SSSR count). The lowest BCUT2D eigenvalue weighted by molar-refractivity contribution is -0.116. The van der Waals surface area contributed by atoms with Crippen LogP contribution in [0.4, 0.5) is 11.5 Å². The molecule has 0 unspecified atom stereocenters. The first-order valence-electron chi connectivity index (χ1n) is 5.85. The van der Waals surface area contributed by atoms with Gasteiger partial charge in [0.2, 0.25) is 5.91 Å². The van der Waals surface area contributed by atoms with Crippen molar-refractivity contribution in [3.05, 3.63) is 36.1 Å². The maximum Gasteiger partial charge on any atom is 0.229 e. The van der Waals surface area contributed by atoms with Gasteiger partial charge in [-0.2, -0.15) is 0 Å². The highest BCUT2D eigenvalue weighted by Gasteiger charge is 2.06. The Morgan fingerprint density at radius 2 is 2.32 bits per heavy atom. The third-order valence-electron chi connectivity index (χ3n) is 2.35. The van der Waals surface area contributed by atoms with E-state index in [4.69, 9.17) is 15.0 Å². The molecule has 0 aliphatic heterocycles. The highest BCUT2D eigenvalue weighted by molar-refractivity contribution is 5.89. The van der Waals surface area contributed by atoms with E-state index in [9.17, 15) is 4.79 Å². The average Bonchev–Trinajstić information content (AvgIpc) is 2.75. The minimum Gasteiger partial charge on any atom is -0.493 e. The predicted octanol–water partition coefficient (Wildman–Crippen LogP) is 1.97. The number of anilines is 2. The lowest BCUT2D eigenvalue weighted by Crippen LogP contribution is -2.15. The van der Waals surface area contributed by atoms with Crippen molar-refractivity contribution in [3.8, 4) is 5.75 Å². The van der Waals surface area contributed by atoms with Crippen molar-refractivity contribution in [2.24, 2.45) is 0 Å². The molecule has 0 saturated heterocycles. The van der Waals surface area contributed by atoms with Gasteiger partial charge in [0, 0.05) is 17.8 Å². The Morgan fingerprint density at radius 1 is 1.47 bits per heavy atom. The molecule has 1 aromatic carbocycles. The van der Waals surface area contributed by atoms with Crippen LogP contribution in [0, 0.1) is 6.92 Å². The van der Waals surface area contributed by atoms with Crippen LogP contribution in [-0.2, 0) is 4.79 Å². The fourth-order valence-electron chi connectivity index (χ4n) is 1.50. The van der Waals surface area contributed by atoms with Crippen LogP contribution in [-0.4, -0.2) is 17.7 Å². The second-order valence-electron chi connectivity index (χ2n) is 4.04. The van der Waals surface area contributed by atoms with Gasteiger partial charge in [-0.3, -0.25) is 4.79 Å². The van der Waals surface area contributed by atoms with Crippen LogP contribution in [0.15, 0.2) is 34.9 Å². The van der Waals surface area contributed by atoms with Crippen molar-refractivity contribution >= 4 is 17.4 Å². The molecular weight excluding hydrogens is 246 g/mol. The second-order valence-corrected chi connectivity index (χ2v) is 4.04. The molecule has 3 N–H and O–H groups in total. The number of hydrogen-bond acceptors (Lipinski definition) is 5. The van der Waals surface area contributed by atoms with Gasteiger partial charge < -0.3 is 20.3 Å². The second kappa shape index (κ2) is 5.90. The first-order chi connectivity index (χ1) is 9.13. The lowest BCUT2D eigenvalue weighted by atomic mass is 10.3. The fraction of sp³-hybridized carbons (Fsp3) is 0.231. The normalized spacial score (nSPS) is 10.2. The number of aromatic nitrogens is 1. The molecule has 6 nitrogen and oxygen atoms in total. The third-order valence-corrected chi connectivity index (χ3v) is 2.35. The fourth-order valence-corrected chi connectivity index (χ4v) is 1.50. The Hall–Kier alpha value is -2.50. The SMILES string of the molecule is Cc1cc(NC(=O)CCOc2cccc(N)c2)no1. The van der Waals surface area contributed by atoms with Gasteiger partial charge in [0.15, 0.2) is 5.82 Å². The van der Waals surface area contributed by atoms with E-state index in [1.165, 1.54) is 0 Å². The molecule has 0 aliphatic rings. The van der Waals surface area contributed by atoms with Crippen LogP contribution < -0.4 is 15.8 Å². The predicted molar refractivity (Wildman–Crippen MR) is 70.8 cm³/mol. The Morgan fingerprint density at radius 3 is 3.00 bits per heavy atom. The molecule has 0 saturated carbocycles. The smallest absolute Gasteiger partial charge is 0.229 e. The zero-order valence-electron chi connectivity index (χ0n) is 10.6. The summed E-state index contributed by atoms with van der Waals surface area (Å²) in [6.45, 7) is 2.03. The largest absolute Gasteiger partial charge is 0.493 e. The summed E-state index contributed by atoms with van der Waals surface area (Å²) in [6, 6.07) is 8.71. The summed E-state index contributed by atoms with van der Waals surface area (Å²) in [7, 11) is 0. The maximum atomic E-state index is 11.6. The summed E-state index contributed by atoms with van der Waals surface area (Å²) >= 11 is 0. The Balaban J connectivity index is 1.75. The van der Waals surface area contributed by atoms with Crippen molar-refractivity contribution in [1.29, 1.82) is 0 Å². The van der Waals surface area contributed by atoms with E-state index in [0.29, 0.717) is 23.0 Å². The van der Waals surface area contributed by atoms with Gasteiger partial charge in [0.1, 0.15) is 11.5 Å². The van der Waals surface area contributed by atoms with Gasteiger partial charge in [0.25, 0.3) is 0 Å². The summed E-state index contributed by atoms with van der Waals surface area (Å²) in [4.78, 5) is 11.6. The number of hydrogen-bond donors (Lipinski definition) is 2. The van der Waals surface area contributed by atoms with Gasteiger partial charge in [0.05, 0.1) is 13.0 Å². The van der Waals surface area contributed by atoms with Crippen LogP contribution in [0.25, 0.3) is 0 Å². The number of ether oxygens (including phenoxy) is 1. The molecule has 6 heteroatoms. The number of nitrogens with one attached hydrogen (secondary N) is 1. The van der Waals surface area contributed by atoms with Crippen LogP contribution in [0.1, 0.15) is 12.2 Å². The molecule has 1 amide bonds. The topological polar surface area (TPSA) is 90.4 Å². The summed E-state index contributed by atoms with van der Waals surface area (Å²) in [6.07, 6.45) is 0.223. The number of carbonyl (C=O) groups excluding carboxylic acids is 1. The number of rotatable bonds is 5. The minimum absolute atomic E-state index is 0.183. The number of amides is 1. The van der Waals surface area contributed by atoms with E-state index in [-0.39, 0.29) is 18.9 Å². The molecule has 0 fully saturated rings. The third kappa shape index (κ3) is 4.02. The summed E-state index contributed by atoms with van der Waals surface area (Å²) in [5.74, 6) is 1.51. The van der Waals surface area contributed by atoms with E-state index in [1.807, 2.05) is 0 Å². The monoisotopic (exact) mass is 261 g/mol. The van der Waals surface area contributed by atoms with Crippen LogP contribution in [0.5, 0.6) is 5.75 Å². The van der Waals surface area contributed by atoms with Gasteiger partial charge in [-0.05, 0) is 19.1 Å². The molecule has 1 aromatic heterocycles. The quantitative estimate of drug-likeness (QED) is 0.803. The van der Waals surface area contributed by atoms with E-state index < -0.39 is 0 Å². The van der Waals surface area contributed by atoms with Crippen LogP contribution in [0.3, 0.4) is 0 Å². The van der Waals surface area contributed by atoms with Gasteiger partial charge in [-0.15, -0.1) is 0 Å². The zero-order valence-corrected chi connectivity index (χ0v) is 10.6. The molecule has 0 atom stereocenters. The van der Waals surface area contributed by atoms with Crippen LogP contribution >= 0.6 is 0 Å². The molecule has 1 heterocycles. The number of nitrogen functional groups attached to an aromatic ring is 1. The van der Waals surface area contributed by atoms with Crippen LogP contribution in [0.2, 0.25) is 0 Å². The maximum absolute atomic E-state index is 11.6. The number of benzene rings is 1. The molecule has 19 heavy (non-hydrogen) atoms. The molecule has 2 aromatic rings. The van der Waals surface area contributed by atoms with Gasteiger partial charge in [-0.1, -0.05) is 11.2 Å². The van der Waals surface area contributed by atoms with Crippen molar-refractivity contribution in [2.75, 3.05) is 17.7 Å². The Bertz CT molecular complexity index is 566. The number of nitrogens with two attached hydrogens (primary N) is 1. The van der Waals surface area contributed by atoms with Crippen molar-refractivity contribution in [2.45, 2.75) is 13.3 Å². The molecular formula is C13H15N3O3. The number of carbonyl (C=O) groups is 1. The molecule has 0 spiro atoms. The zero-order chi connectivity index (χ0) is 13.7. The van der Waals surface area contributed by atoms with Gasteiger partial charge in [-0.25, -0.2) is 0 Å². The molecule has 100 valence electrons. The number of aryl methyl sites for hydroxylation is 1. The first-order valence-corrected chi connectivity index (χ1v) is 5.85. The van der Waals surface area contributed by atoms with E-state index in [2.05, 4.69) is 10.5 Å². The molecule has 0 aliphatic carbocycles.